The van der Waals surface area contributed by atoms with Crippen LogP contribution in [0, 0.1) is 0 Å². The molecule has 0 saturated carbocycles. The van der Waals surface area contributed by atoms with E-state index in [0.717, 1.165) is 22.1 Å². The second-order valence-corrected chi connectivity index (χ2v) is 6.64. The highest BCUT2D eigenvalue weighted by molar-refractivity contribution is 7.13. The fraction of sp³-hybridized carbons (Fsp3) is 0.278. The van der Waals surface area contributed by atoms with Gasteiger partial charge in [0.25, 0.3) is 0 Å². The average molecular weight is 370 g/mol. The van der Waals surface area contributed by atoms with Crippen LogP contribution in [-0.4, -0.2) is 37.1 Å². The van der Waals surface area contributed by atoms with Gasteiger partial charge < -0.3 is 20.0 Å². The molecule has 0 atom stereocenters. The maximum Gasteiger partial charge on any atom is 0.226 e. The summed E-state index contributed by atoms with van der Waals surface area (Å²) in [4.78, 5) is 15.3. The van der Waals surface area contributed by atoms with E-state index in [0.29, 0.717) is 24.9 Å². The summed E-state index contributed by atoms with van der Waals surface area (Å²) in [5, 5.41) is 9.51. The third-order valence-corrected chi connectivity index (χ3v) is 4.65. The number of hydrogen-bond donors (Lipinski definition) is 2. The summed E-state index contributed by atoms with van der Waals surface area (Å²) in [7, 11) is 5.70. The van der Waals surface area contributed by atoms with Gasteiger partial charge in [-0.3, -0.25) is 4.99 Å². The van der Waals surface area contributed by atoms with Gasteiger partial charge in [-0.1, -0.05) is 18.2 Å². The Labute approximate surface area is 156 Å². The number of anilines is 1. The molecule has 2 aromatic heterocycles. The minimum absolute atomic E-state index is 0.524. The molecule has 0 spiro atoms. The molecule has 8 heteroatoms. The second kappa shape index (κ2) is 8.48. The van der Waals surface area contributed by atoms with Gasteiger partial charge in [-0.15, -0.1) is 11.3 Å². The quantitative estimate of drug-likeness (QED) is 0.513. The number of aliphatic imine (C=N–C) groups is 1. The topological polar surface area (TPSA) is 78.6 Å². The smallest absolute Gasteiger partial charge is 0.226 e. The Morgan fingerprint density at radius 2 is 1.85 bits per heavy atom. The molecule has 3 rings (SSSR count). The van der Waals surface area contributed by atoms with Gasteiger partial charge in [-0.05, 0) is 12.1 Å². The molecule has 0 aliphatic carbocycles. The van der Waals surface area contributed by atoms with Crippen LogP contribution < -0.4 is 15.5 Å². The van der Waals surface area contributed by atoms with E-state index in [1.165, 1.54) is 0 Å². The highest BCUT2D eigenvalue weighted by Gasteiger charge is 2.08. The lowest BCUT2D eigenvalue weighted by molar-refractivity contribution is 0.572. The number of benzene rings is 1. The molecule has 0 bridgehead atoms. The number of hydrogen-bond acceptors (Lipinski definition) is 6. The molecule has 2 N–H and O–H groups in total. The zero-order valence-electron chi connectivity index (χ0n) is 15.1. The molecular formula is C18H22N6OS. The van der Waals surface area contributed by atoms with Gasteiger partial charge in [0, 0.05) is 32.1 Å². The van der Waals surface area contributed by atoms with Crippen LogP contribution in [0.2, 0.25) is 0 Å². The number of nitrogens with zero attached hydrogens (tertiary/aromatic N) is 4. The largest absolute Gasteiger partial charge is 0.444 e. The van der Waals surface area contributed by atoms with Crippen molar-refractivity contribution in [3.8, 4) is 11.5 Å². The van der Waals surface area contributed by atoms with Crippen molar-refractivity contribution >= 4 is 22.4 Å². The minimum atomic E-state index is 0.524. The van der Waals surface area contributed by atoms with E-state index < -0.39 is 0 Å². The van der Waals surface area contributed by atoms with Crippen LogP contribution in [0.5, 0.6) is 0 Å². The van der Waals surface area contributed by atoms with Crippen molar-refractivity contribution in [1.82, 2.24) is 20.6 Å². The lowest BCUT2D eigenvalue weighted by atomic mass is 10.2. The summed E-state index contributed by atoms with van der Waals surface area (Å²) in [6.07, 6.45) is 1.66. The first-order chi connectivity index (χ1) is 12.7. The molecular weight excluding hydrogens is 348 g/mol. The maximum absolute atomic E-state index is 5.55. The average Bonchev–Trinajstić information content (AvgIpc) is 3.32. The Balaban J connectivity index is 1.52. The molecule has 3 aromatic rings. The van der Waals surface area contributed by atoms with E-state index in [-0.39, 0.29) is 0 Å². The van der Waals surface area contributed by atoms with Crippen LogP contribution in [0.3, 0.4) is 0 Å². The number of rotatable bonds is 6. The van der Waals surface area contributed by atoms with Gasteiger partial charge in [0.2, 0.25) is 5.89 Å². The number of oxazole rings is 1. The molecule has 7 nitrogen and oxygen atoms in total. The van der Waals surface area contributed by atoms with Crippen LogP contribution in [0.25, 0.3) is 11.5 Å². The monoisotopic (exact) mass is 370 g/mol. The van der Waals surface area contributed by atoms with E-state index >= 15 is 0 Å². The van der Waals surface area contributed by atoms with Gasteiger partial charge in [0.15, 0.2) is 11.1 Å². The molecule has 2 heterocycles. The maximum atomic E-state index is 5.55. The van der Waals surface area contributed by atoms with Gasteiger partial charge in [0.1, 0.15) is 6.26 Å². The Bertz CT molecular complexity index is 855. The van der Waals surface area contributed by atoms with Crippen molar-refractivity contribution < 1.29 is 4.42 Å². The van der Waals surface area contributed by atoms with Crippen molar-refractivity contribution in [3.63, 3.8) is 0 Å². The predicted octanol–water partition coefficient (Wildman–Crippen LogP) is 2.73. The van der Waals surface area contributed by atoms with Crippen LogP contribution in [0.15, 0.2) is 51.4 Å². The first-order valence-electron chi connectivity index (χ1n) is 8.22. The summed E-state index contributed by atoms with van der Waals surface area (Å²) in [6, 6.07) is 9.83. The van der Waals surface area contributed by atoms with E-state index in [9.17, 15) is 0 Å². The number of thiazole rings is 1. The van der Waals surface area contributed by atoms with Crippen molar-refractivity contribution in [2.75, 3.05) is 26.0 Å². The van der Waals surface area contributed by atoms with Crippen molar-refractivity contribution in [3.05, 3.63) is 53.4 Å². The Morgan fingerprint density at radius 3 is 2.50 bits per heavy atom. The summed E-state index contributed by atoms with van der Waals surface area (Å²) in [5.74, 6) is 1.30. The molecule has 0 radical (unpaired) electrons. The van der Waals surface area contributed by atoms with Gasteiger partial charge >= 0.3 is 0 Å². The summed E-state index contributed by atoms with van der Waals surface area (Å²) >= 11 is 1.62. The molecule has 0 saturated heterocycles. The summed E-state index contributed by atoms with van der Waals surface area (Å²) in [6.45, 7) is 1.13. The van der Waals surface area contributed by atoms with Crippen LogP contribution >= 0.6 is 11.3 Å². The first-order valence-corrected chi connectivity index (χ1v) is 9.09. The summed E-state index contributed by atoms with van der Waals surface area (Å²) in [5.41, 5.74) is 2.76. The molecule has 136 valence electrons. The standard InChI is InChI=1S/C18H22N6OS/c1-19-17(21-10-15-12-26-18(23-15)24(2)3)20-9-14-11-25-16(22-14)13-7-5-4-6-8-13/h4-8,11-12H,9-10H2,1-3H3,(H2,19,20,21). The fourth-order valence-electron chi connectivity index (χ4n) is 2.25. The van der Waals surface area contributed by atoms with E-state index in [1.807, 2.05) is 54.7 Å². The number of guanidine groups is 1. The molecule has 26 heavy (non-hydrogen) atoms. The zero-order chi connectivity index (χ0) is 18.4. The Morgan fingerprint density at radius 1 is 1.12 bits per heavy atom. The Hall–Kier alpha value is -2.87. The van der Waals surface area contributed by atoms with E-state index in [2.05, 4.69) is 25.6 Å². The zero-order valence-corrected chi connectivity index (χ0v) is 15.9. The van der Waals surface area contributed by atoms with Crippen LogP contribution in [0.4, 0.5) is 5.13 Å². The highest BCUT2D eigenvalue weighted by atomic mass is 32.1. The molecule has 0 aliphatic rings. The number of nitrogens with one attached hydrogen (secondary N) is 2. The van der Waals surface area contributed by atoms with E-state index in [4.69, 9.17) is 4.42 Å². The fourth-order valence-corrected chi connectivity index (χ4v) is 3.01. The predicted molar refractivity (Wildman–Crippen MR) is 105 cm³/mol. The minimum Gasteiger partial charge on any atom is -0.444 e. The molecule has 0 amide bonds. The third-order valence-electron chi connectivity index (χ3n) is 3.59. The highest BCUT2D eigenvalue weighted by Crippen LogP contribution is 2.18. The summed E-state index contributed by atoms with van der Waals surface area (Å²) < 4.78 is 5.55. The van der Waals surface area contributed by atoms with Crippen LogP contribution in [0.1, 0.15) is 11.4 Å². The molecule has 0 aliphatic heterocycles. The molecule has 0 unspecified atom stereocenters. The van der Waals surface area contributed by atoms with Gasteiger partial charge in [0.05, 0.1) is 24.5 Å². The Kier molecular flexibility index (Phi) is 5.85. The number of aromatic nitrogens is 2. The molecule has 1 aromatic carbocycles. The van der Waals surface area contributed by atoms with E-state index in [1.54, 1.807) is 24.6 Å². The SMILES string of the molecule is CN=C(NCc1coc(-c2ccccc2)n1)NCc1csc(N(C)C)n1. The molecule has 0 fully saturated rings. The van der Waals surface area contributed by atoms with Crippen molar-refractivity contribution in [2.24, 2.45) is 4.99 Å². The van der Waals surface area contributed by atoms with Gasteiger partial charge in [-0.2, -0.15) is 0 Å². The van der Waals surface area contributed by atoms with Gasteiger partial charge in [-0.25, -0.2) is 9.97 Å². The normalized spacial score (nSPS) is 11.4. The van der Waals surface area contributed by atoms with Crippen molar-refractivity contribution in [1.29, 1.82) is 0 Å². The van der Waals surface area contributed by atoms with Crippen LogP contribution in [-0.2, 0) is 13.1 Å². The third kappa shape index (κ3) is 4.60. The first kappa shape index (κ1) is 17.9. The van der Waals surface area contributed by atoms with Crippen molar-refractivity contribution in [2.45, 2.75) is 13.1 Å². The lowest BCUT2D eigenvalue weighted by Crippen LogP contribution is -2.36. The second-order valence-electron chi connectivity index (χ2n) is 5.81. The lowest BCUT2D eigenvalue weighted by Gasteiger charge is -2.10.